The number of Topliss-reactive ketones (excluding diaryl/α,β-unsaturated/α-hetero) is 1. The van der Waals surface area contributed by atoms with Crippen LogP contribution in [0.3, 0.4) is 0 Å². The summed E-state index contributed by atoms with van der Waals surface area (Å²) in [6.07, 6.45) is 9.44. The summed E-state index contributed by atoms with van der Waals surface area (Å²) in [7, 11) is 0. The van der Waals surface area contributed by atoms with E-state index in [1.807, 2.05) is 12.2 Å². The van der Waals surface area contributed by atoms with Crippen molar-refractivity contribution >= 4 is 27.7 Å². The lowest BCUT2D eigenvalue weighted by molar-refractivity contribution is -0.161. The Kier molecular flexibility index (Phi) is 7.36. The molecule has 1 rings (SSSR count). The molecule has 0 heterocycles. The van der Waals surface area contributed by atoms with Gasteiger partial charge in [-0.2, -0.15) is 0 Å². The van der Waals surface area contributed by atoms with Crippen molar-refractivity contribution in [2.45, 2.75) is 51.9 Å². The molecule has 0 aliphatic heterocycles. The van der Waals surface area contributed by atoms with Crippen LogP contribution in [0.4, 0.5) is 0 Å². The number of carbonyl (C=O) groups is 2. The van der Waals surface area contributed by atoms with Gasteiger partial charge in [0.1, 0.15) is 11.2 Å². The van der Waals surface area contributed by atoms with Gasteiger partial charge in [-0.15, -0.1) is 0 Å². The lowest BCUT2D eigenvalue weighted by Crippen LogP contribution is -2.41. The van der Waals surface area contributed by atoms with Crippen molar-refractivity contribution in [3.8, 4) is 0 Å². The van der Waals surface area contributed by atoms with Crippen molar-refractivity contribution < 1.29 is 14.3 Å². The molecule has 1 unspecified atom stereocenters. The normalized spacial score (nSPS) is 25.1. The van der Waals surface area contributed by atoms with Gasteiger partial charge in [0.25, 0.3) is 0 Å². The van der Waals surface area contributed by atoms with E-state index in [9.17, 15) is 9.59 Å². The van der Waals surface area contributed by atoms with Crippen LogP contribution in [0.2, 0.25) is 0 Å². The molecule has 108 valence electrons. The van der Waals surface area contributed by atoms with Gasteiger partial charge in [0.05, 0.1) is 6.61 Å². The van der Waals surface area contributed by atoms with Crippen LogP contribution in [-0.4, -0.2) is 23.7 Å². The van der Waals surface area contributed by atoms with Gasteiger partial charge in [0, 0.05) is 11.8 Å². The average Bonchev–Trinajstić information content (AvgIpc) is 2.38. The topological polar surface area (TPSA) is 43.4 Å². The summed E-state index contributed by atoms with van der Waals surface area (Å²) in [4.78, 5) is 24.8. The second kappa shape index (κ2) is 8.51. The number of ether oxygens (including phenoxy) is 1. The maximum atomic E-state index is 12.5. The highest BCUT2D eigenvalue weighted by molar-refractivity contribution is 9.09. The van der Waals surface area contributed by atoms with Crippen molar-refractivity contribution in [1.29, 1.82) is 0 Å². The van der Waals surface area contributed by atoms with Crippen molar-refractivity contribution in [2.24, 2.45) is 5.41 Å². The summed E-state index contributed by atoms with van der Waals surface area (Å²) >= 11 is 3.31. The zero-order chi connectivity index (χ0) is 14.1. The molecule has 0 spiro atoms. The highest BCUT2D eigenvalue weighted by Crippen LogP contribution is 2.36. The first-order chi connectivity index (χ1) is 9.17. The number of allylic oxidation sites excluding steroid dienone is 2. The van der Waals surface area contributed by atoms with Crippen molar-refractivity contribution in [3.05, 3.63) is 12.2 Å². The van der Waals surface area contributed by atoms with E-state index in [1.54, 1.807) is 6.92 Å². The molecule has 1 saturated carbocycles. The zero-order valence-electron chi connectivity index (χ0n) is 11.6. The first-order valence-electron chi connectivity index (χ1n) is 7.09. The third kappa shape index (κ3) is 4.44. The fourth-order valence-corrected chi connectivity index (χ4v) is 2.84. The number of carbonyl (C=O) groups excluding carboxylic acids is 2. The Morgan fingerprint density at radius 1 is 1.32 bits per heavy atom. The number of hydrogen-bond donors (Lipinski definition) is 0. The van der Waals surface area contributed by atoms with Crippen molar-refractivity contribution in [1.82, 2.24) is 0 Å². The van der Waals surface area contributed by atoms with Gasteiger partial charge in [-0.1, -0.05) is 47.3 Å². The van der Waals surface area contributed by atoms with E-state index in [4.69, 9.17) is 4.74 Å². The van der Waals surface area contributed by atoms with Crippen LogP contribution >= 0.6 is 15.9 Å². The predicted octanol–water partition coefficient (Wildman–Crippen LogP) is 3.80. The molecule has 0 bridgehead atoms. The molecule has 19 heavy (non-hydrogen) atoms. The van der Waals surface area contributed by atoms with E-state index in [-0.39, 0.29) is 11.8 Å². The number of hydrogen-bond acceptors (Lipinski definition) is 3. The molecular formula is C15H23BrO3. The quantitative estimate of drug-likeness (QED) is 0.333. The van der Waals surface area contributed by atoms with Crippen LogP contribution in [0, 0.1) is 5.41 Å². The van der Waals surface area contributed by atoms with E-state index in [2.05, 4.69) is 15.9 Å². The minimum absolute atomic E-state index is 0.0601. The monoisotopic (exact) mass is 330 g/mol. The standard InChI is InChI=1S/C15H23BrO3/c1-2-19-14(18)15(11-7-8-12-16)10-6-4-3-5-9-13(15)17/h7-8H,2-6,9-12H2,1H3/b8-7+. The molecule has 1 atom stereocenters. The first-order valence-corrected chi connectivity index (χ1v) is 8.21. The molecular weight excluding hydrogens is 308 g/mol. The van der Waals surface area contributed by atoms with Crippen LogP contribution < -0.4 is 0 Å². The Labute approximate surface area is 123 Å². The molecule has 4 heteroatoms. The van der Waals surface area contributed by atoms with Crippen molar-refractivity contribution in [3.63, 3.8) is 0 Å². The van der Waals surface area contributed by atoms with E-state index in [1.165, 1.54) is 0 Å². The lowest BCUT2D eigenvalue weighted by atomic mass is 9.72. The number of esters is 1. The van der Waals surface area contributed by atoms with Gasteiger partial charge in [-0.25, -0.2) is 0 Å². The maximum Gasteiger partial charge on any atom is 0.319 e. The molecule has 0 amide bonds. The number of ketones is 1. The van der Waals surface area contributed by atoms with E-state index in [0.717, 1.165) is 31.0 Å². The van der Waals surface area contributed by atoms with Gasteiger partial charge in [-0.3, -0.25) is 9.59 Å². The van der Waals surface area contributed by atoms with E-state index in [0.29, 0.717) is 25.9 Å². The van der Waals surface area contributed by atoms with Crippen molar-refractivity contribution in [2.75, 3.05) is 11.9 Å². The Bertz CT molecular complexity index is 328. The molecule has 0 saturated heterocycles. The number of halogens is 1. The van der Waals surface area contributed by atoms with Crippen LogP contribution in [0.25, 0.3) is 0 Å². The third-order valence-corrected chi connectivity index (χ3v) is 4.05. The van der Waals surface area contributed by atoms with Crippen LogP contribution in [0.15, 0.2) is 12.2 Å². The summed E-state index contributed by atoms with van der Waals surface area (Å²) in [6.45, 7) is 2.11. The summed E-state index contributed by atoms with van der Waals surface area (Å²) in [6, 6.07) is 0. The third-order valence-electron chi connectivity index (χ3n) is 3.68. The maximum absolute atomic E-state index is 12.5. The summed E-state index contributed by atoms with van der Waals surface area (Å²) < 4.78 is 5.18. The van der Waals surface area contributed by atoms with Gasteiger partial charge in [0.2, 0.25) is 0 Å². The lowest BCUT2D eigenvalue weighted by Gasteiger charge is -2.30. The average molecular weight is 331 g/mol. The molecule has 3 nitrogen and oxygen atoms in total. The molecule has 0 radical (unpaired) electrons. The molecule has 0 aromatic heterocycles. The fourth-order valence-electron chi connectivity index (χ4n) is 2.58. The second-order valence-corrected chi connectivity index (χ2v) is 5.62. The molecule has 1 fully saturated rings. The van der Waals surface area contributed by atoms with Gasteiger partial charge >= 0.3 is 5.97 Å². The highest BCUT2D eigenvalue weighted by atomic mass is 79.9. The smallest absolute Gasteiger partial charge is 0.319 e. The number of alkyl halides is 1. The Morgan fingerprint density at radius 2 is 2.05 bits per heavy atom. The Hall–Kier alpha value is -0.640. The Balaban J connectivity index is 2.94. The highest BCUT2D eigenvalue weighted by Gasteiger charge is 2.45. The Morgan fingerprint density at radius 3 is 2.74 bits per heavy atom. The zero-order valence-corrected chi connectivity index (χ0v) is 13.2. The summed E-state index contributed by atoms with van der Waals surface area (Å²) in [5.74, 6) is -0.272. The van der Waals surface area contributed by atoms with Crippen LogP contribution in [-0.2, 0) is 14.3 Å². The molecule has 1 aliphatic carbocycles. The minimum Gasteiger partial charge on any atom is -0.465 e. The fraction of sp³-hybridized carbons (Fsp3) is 0.733. The van der Waals surface area contributed by atoms with E-state index >= 15 is 0 Å². The van der Waals surface area contributed by atoms with Gasteiger partial charge < -0.3 is 4.74 Å². The summed E-state index contributed by atoms with van der Waals surface area (Å²) in [5, 5.41) is 0.736. The largest absolute Gasteiger partial charge is 0.465 e. The molecule has 1 aliphatic rings. The minimum atomic E-state index is -0.935. The SMILES string of the molecule is CCOC(=O)C1(C/C=C/CBr)CCCCCCC1=O. The first kappa shape index (κ1) is 16.4. The molecule has 0 N–H and O–H groups in total. The van der Waals surface area contributed by atoms with Gasteiger partial charge in [-0.05, 0) is 26.2 Å². The molecule has 0 aromatic rings. The van der Waals surface area contributed by atoms with Crippen LogP contribution in [0.1, 0.15) is 51.9 Å². The second-order valence-electron chi connectivity index (χ2n) is 4.97. The number of rotatable bonds is 5. The summed E-state index contributed by atoms with van der Waals surface area (Å²) in [5.41, 5.74) is -0.935. The molecule has 0 aromatic carbocycles. The van der Waals surface area contributed by atoms with Gasteiger partial charge in [0.15, 0.2) is 0 Å². The predicted molar refractivity (Wildman–Crippen MR) is 79.3 cm³/mol. The van der Waals surface area contributed by atoms with Crippen LogP contribution in [0.5, 0.6) is 0 Å². The van der Waals surface area contributed by atoms with E-state index < -0.39 is 5.41 Å².